The molecule has 0 N–H and O–H groups in total. The fourth-order valence-corrected chi connectivity index (χ4v) is 8.47. The first-order valence-corrected chi connectivity index (χ1v) is 20.2. The van der Waals surface area contributed by atoms with Crippen molar-refractivity contribution >= 4 is 24.0 Å². The lowest BCUT2D eigenvalue weighted by molar-refractivity contribution is -0.149. The van der Waals surface area contributed by atoms with Crippen LogP contribution >= 0.6 is 0 Å². The highest BCUT2D eigenvalue weighted by molar-refractivity contribution is 5.90. The summed E-state index contributed by atoms with van der Waals surface area (Å²) in [6.07, 6.45) is -0.624. The van der Waals surface area contributed by atoms with E-state index in [4.69, 9.17) is 28.4 Å². The van der Waals surface area contributed by atoms with E-state index < -0.39 is 29.9 Å². The van der Waals surface area contributed by atoms with Crippen LogP contribution in [0.1, 0.15) is 33.7 Å². The van der Waals surface area contributed by atoms with E-state index in [1.807, 2.05) is 84.9 Å². The van der Waals surface area contributed by atoms with Crippen molar-refractivity contribution in [3.05, 3.63) is 119 Å². The van der Waals surface area contributed by atoms with Gasteiger partial charge in [0.15, 0.2) is 23.0 Å². The molecule has 14 nitrogen and oxygen atoms in total. The van der Waals surface area contributed by atoms with E-state index in [9.17, 15) is 9.59 Å². The highest BCUT2D eigenvalue weighted by Gasteiger charge is 2.49. The highest BCUT2D eigenvalue weighted by Crippen LogP contribution is 2.49. The largest absolute Gasteiger partial charge is 0.493 e. The van der Waals surface area contributed by atoms with Crippen LogP contribution in [-0.2, 0) is 38.7 Å². The molecule has 4 aromatic rings. The maximum absolute atomic E-state index is 15.3. The molecule has 3 aliphatic rings. The van der Waals surface area contributed by atoms with Crippen LogP contribution < -0.4 is 18.9 Å². The lowest BCUT2D eigenvalue weighted by Gasteiger charge is -2.44. The summed E-state index contributed by atoms with van der Waals surface area (Å²) in [6, 6.07) is 28.3. The Balaban J connectivity index is 1.17. The zero-order chi connectivity index (χ0) is 42.2. The van der Waals surface area contributed by atoms with Crippen LogP contribution in [0.25, 0.3) is 0 Å². The van der Waals surface area contributed by atoms with Gasteiger partial charge in [0.05, 0.1) is 40.3 Å². The number of fused-ring (bicyclic) bond motifs is 1. The molecule has 3 atom stereocenters. The molecule has 316 valence electrons. The van der Waals surface area contributed by atoms with Crippen LogP contribution in [0.3, 0.4) is 0 Å². The van der Waals surface area contributed by atoms with E-state index in [0.717, 1.165) is 27.8 Å². The van der Waals surface area contributed by atoms with Crippen molar-refractivity contribution in [2.24, 2.45) is 11.8 Å². The quantitative estimate of drug-likeness (QED) is 0.188. The van der Waals surface area contributed by atoms with Crippen LogP contribution in [0.2, 0.25) is 0 Å². The summed E-state index contributed by atoms with van der Waals surface area (Å²) < 4.78 is 34.0. The molecule has 3 unspecified atom stereocenters. The molecule has 0 aromatic heterocycles. The second kappa shape index (κ2) is 19.1. The molecule has 0 saturated carbocycles. The van der Waals surface area contributed by atoms with Gasteiger partial charge in [-0.3, -0.25) is 9.59 Å². The van der Waals surface area contributed by atoms with Crippen LogP contribution in [0.5, 0.6) is 23.0 Å². The summed E-state index contributed by atoms with van der Waals surface area (Å²) in [6.45, 7) is 2.50. The summed E-state index contributed by atoms with van der Waals surface area (Å²) >= 11 is 0. The van der Waals surface area contributed by atoms with Crippen LogP contribution in [0.15, 0.2) is 91.0 Å². The molecule has 0 radical (unpaired) electrons. The third-order valence-electron chi connectivity index (χ3n) is 11.7. The Morgan fingerprint density at radius 3 is 1.47 bits per heavy atom. The van der Waals surface area contributed by atoms with E-state index in [-0.39, 0.29) is 83.8 Å². The van der Waals surface area contributed by atoms with E-state index in [2.05, 4.69) is 0 Å². The van der Waals surface area contributed by atoms with Gasteiger partial charge in [-0.2, -0.15) is 0 Å². The van der Waals surface area contributed by atoms with Crippen LogP contribution in [0, 0.1) is 11.8 Å². The number of hydrogen-bond donors (Lipinski definition) is 0. The minimum Gasteiger partial charge on any atom is -0.493 e. The molecule has 4 aromatic carbocycles. The molecule has 7 rings (SSSR count). The average molecular weight is 821 g/mol. The average Bonchev–Trinajstić information content (AvgIpc) is 3.31. The zero-order valence-electron chi connectivity index (χ0n) is 34.5. The molecular formula is C46H52N4O10. The third kappa shape index (κ3) is 9.07. The van der Waals surface area contributed by atoms with E-state index >= 15 is 9.59 Å². The smallest absolute Gasteiger partial charge is 0.410 e. The Morgan fingerprint density at radius 2 is 0.967 bits per heavy atom. The standard InChI is InChI=1S/C46H52N4O10/c1-55-37-16-15-33(26-38(37)56-2)41-35-28-40(58-4)39(57-3)27-34(35)25-36(43(51)47-17-21-49(22-18-47)45(53)59-29-31-11-7-5-8-12-31)42(41)44(52)48-19-23-50(24-20-48)46(54)60-30-32-13-9-6-10-14-32/h5-16,26-28,36,41-42H,17-25,29-30H2,1-4H3. The summed E-state index contributed by atoms with van der Waals surface area (Å²) in [5, 5.41) is 0. The minimum absolute atomic E-state index is 0.147. The lowest BCUT2D eigenvalue weighted by atomic mass is 9.65. The summed E-state index contributed by atoms with van der Waals surface area (Å²) in [7, 11) is 6.25. The van der Waals surface area contributed by atoms with Gasteiger partial charge in [-0.1, -0.05) is 66.7 Å². The molecule has 4 amide bonds. The minimum atomic E-state index is -0.855. The number of ether oxygens (including phenoxy) is 6. The lowest BCUT2D eigenvalue weighted by Crippen LogP contribution is -2.57. The van der Waals surface area contributed by atoms with Gasteiger partial charge in [-0.15, -0.1) is 0 Å². The first kappa shape index (κ1) is 41.7. The Labute approximate surface area is 350 Å². The molecule has 14 heteroatoms. The van der Waals surface area contributed by atoms with Crippen molar-refractivity contribution in [2.45, 2.75) is 25.6 Å². The topological polar surface area (TPSA) is 137 Å². The van der Waals surface area contributed by atoms with Crippen LogP contribution in [-0.4, -0.2) is 124 Å². The normalized spacial score (nSPS) is 18.8. The number of benzene rings is 4. The molecular weight excluding hydrogens is 769 g/mol. The highest BCUT2D eigenvalue weighted by atomic mass is 16.6. The monoisotopic (exact) mass is 820 g/mol. The molecule has 2 aliphatic heterocycles. The number of methoxy groups -OCH3 is 4. The third-order valence-corrected chi connectivity index (χ3v) is 11.7. The van der Waals surface area contributed by atoms with Gasteiger partial charge >= 0.3 is 12.2 Å². The molecule has 2 heterocycles. The van der Waals surface area contributed by atoms with Crippen molar-refractivity contribution in [2.75, 3.05) is 80.8 Å². The first-order chi connectivity index (χ1) is 29.2. The van der Waals surface area contributed by atoms with E-state index in [1.54, 1.807) is 54.1 Å². The number of piperazine rings is 2. The van der Waals surface area contributed by atoms with Gasteiger partial charge in [0.2, 0.25) is 11.8 Å². The molecule has 2 saturated heterocycles. The van der Waals surface area contributed by atoms with Crippen molar-refractivity contribution in [1.82, 2.24) is 19.6 Å². The molecule has 1 aliphatic carbocycles. The number of amides is 4. The molecule has 0 spiro atoms. The number of carbonyl (C=O) groups is 4. The van der Waals surface area contributed by atoms with Gasteiger partial charge in [0.25, 0.3) is 0 Å². The SMILES string of the molecule is COc1ccc(C2c3cc(OC)c(OC)cc3CC(C(=O)N3CCN(C(=O)OCc4ccccc4)CC3)C2C(=O)N2CCN(C(=O)OCc3ccccc3)CC2)cc1OC. The maximum Gasteiger partial charge on any atom is 0.410 e. The maximum atomic E-state index is 15.3. The van der Waals surface area contributed by atoms with Crippen molar-refractivity contribution < 1.29 is 47.6 Å². The van der Waals surface area contributed by atoms with E-state index in [0.29, 0.717) is 23.0 Å². The number of nitrogens with zero attached hydrogens (tertiary/aromatic N) is 4. The Morgan fingerprint density at radius 1 is 0.517 bits per heavy atom. The summed E-state index contributed by atoms with van der Waals surface area (Å²) in [5.41, 5.74) is 4.20. The Bertz CT molecular complexity index is 2140. The van der Waals surface area contributed by atoms with Gasteiger partial charge in [0.1, 0.15) is 13.2 Å². The fraction of sp³-hybridized carbons (Fsp3) is 0.391. The number of rotatable bonds is 11. The number of hydrogen-bond acceptors (Lipinski definition) is 10. The summed E-state index contributed by atoms with van der Waals surface area (Å²) in [4.78, 5) is 63.2. The first-order valence-electron chi connectivity index (χ1n) is 20.2. The van der Waals surface area contributed by atoms with Gasteiger partial charge in [-0.05, 0) is 58.5 Å². The zero-order valence-corrected chi connectivity index (χ0v) is 34.5. The molecule has 2 fully saturated rings. The van der Waals surface area contributed by atoms with E-state index in [1.165, 1.54) is 0 Å². The summed E-state index contributed by atoms with van der Waals surface area (Å²) in [5.74, 6) is -0.623. The predicted molar refractivity (Wildman–Crippen MR) is 221 cm³/mol. The second-order valence-corrected chi connectivity index (χ2v) is 15.0. The Kier molecular flexibility index (Phi) is 13.3. The van der Waals surface area contributed by atoms with Crippen LogP contribution in [0.4, 0.5) is 9.59 Å². The van der Waals surface area contributed by atoms with Gasteiger partial charge in [0, 0.05) is 58.3 Å². The number of carbonyl (C=O) groups excluding carboxylic acids is 4. The Hall–Kier alpha value is -6.44. The van der Waals surface area contributed by atoms with Crippen molar-refractivity contribution in [3.63, 3.8) is 0 Å². The molecule has 0 bridgehead atoms. The van der Waals surface area contributed by atoms with Gasteiger partial charge < -0.3 is 48.0 Å². The van der Waals surface area contributed by atoms with Crippen molar-refractivity contribution in [3.8, 4) is 23.0 Å². The fourth-order valence-electron chi connectivity index (χ4n) is 8.47. The second-order valence-electron chi connectivity index (χ2n) is 15.0. The van der Waals surface area contributed by atoms with Crippen molar-refractivity contribution in [1.29, 1.82) is 0 Å². The van der Waals surface area contributed by atoms with Gasteiger partial charge in [-0.25, -0.2) is 9.59 Å². The predicted octanol–water partition coefficient (Wildman–Crippen LogP) is 5.60. The molecule has 60 heavy (non-hydrogen) atoms.